The Bertz CT molecular complexity index is 525. The number of carbonyl (C=O) groups excluding carboxylic acids is 1. The van der Waals surface area contributed by atoms with Gasteiger partial charge in [-0.25, -0.2) is 0 Å². The third kappa shape index (κ3) is 2.58. The fourth-order valence-corrected chi connectivity index (χ4v) is 2.60. The van der Waals surface area contributed by atoms with E-state index in [-0.39, 0.29) is 6.42 Å². The van der Waals surface area contributed by atoms with Gasteiger partial charge in [-0.15, -0.1) is 0 Å². The zero-order valence-corrected chi connectivity index (χ0v) is 10.5. The highest BCUT2D eigenvalue weighted by Crippen LogP contribution is 2.41. The van der Waals surface area contributed by atoms with Crippen LogP contribution < -0.4 is 5.32 Å². The summed E-state index contributed by atoms with van der Waals surface area (Å²) in [4.78, 5) is 11.0. The number of aryl methyl sites for hydroxylation is 2. The number of fused-ring (bicyclic) bond motifs is 1. The molecule has 0 unspecified atom stereocenters. The van der Waals surface area contributed by atoms with E-state index >= 15 is 0 Å². The first-order valence-corrected chi connectivity index (χ1v) is 5.87. The molecular formula is C13H14F3NO2. The van der Waals surface area contributed by atoms with Crippen molar-refractivity contribution in [2.75, 3.05) is 0 Å². The smallest absolute Gasteiger partial charge is 0.388 e. The van der Waals surface area contributed by atoms with Crippen molar-refractivity contribution in [2.45, 2.75) is 38.6 Å². The third-order valence-corrected chi connectivity index (χ3v) is 3.29. The molecule has 104 valence electrons. The summed E-state index contributed by atoms with van der Waals surface area (Å²) in [5.74, 6) is -1.98. The van der Waals surface area contributed by atoms with Crippen molar-refractivity contribution in [2.24, 2.45) is 0 Å². The fourth-order valence-electron chi connectivity index (χ4n) is 2.60. The van der Waals surface area contributed by atoms with Crippen LogP contribution in [-0.2, 0) is 4.79 Å². The molecule has 0 fully saturated rings. The highest BCUT2D eigenvalue weighted by atomic mass is 19.4. The maximum absolute atomic E-state index is 12.3. The molecule has 1 aliphatic carbocycles. The highest BCUT2D eigenvalue weighted by Gasteiger charge is 2.42. The quantitative estimate of drug-likeness (QED) is 0.825. The van der Waals surface area contributed by atoms with E-state index in [2.05, 4.69) is 0 Å². The van der Waals surface area contributed by atoms with Crippen molar-refractivity contribution in [3.63, 3.8) is 0 Å². The first-order chi connectivity index (χ1) is 8.70. The average Bonchev–Trinajstić information content (AvgIpc) is 2.54. The summed E-state index contributed by atoms with van der Waals surface area (Å²) in [6.45, 7) is 3.61. The van der Waals surface area contributed by atoms with Gasteiger partial charge in [0.2, 0.25) is 0 Å². The monoisotopic (exact) mass is 273 g/mol. The van der Waals surface area contributed by atoms with E-state index in [1.165, 1.54) is 0 Å². The number of alkyl halides is 3. The van der Waals surface area contributed by atoms with E-state index in [1.807, 2.05) is 18.3 Å². The summed E-state index contributed by atoms with van der Waals surface area (Å²) in [5.41, 5.74) is 2.91. The van der Waals surface area contributed by atoms with Crippen molar-refractivity contribution in [1.29, 1.82) is 0 Å². The number of benzene rings is 1. The van der Waals surface area contributed by atoms with Gasteiger partial charge in [-0.2, -0.15) is 13.2 Å². The number of amides is 1. The second-order valence-corrected chi connectivity index (χ2v) is 4.86. The molecule has 0 saturated carbocycles. The molecule has 0 aromatic heterocycles. The predicted molar refractivity (Wildman–Crippen MR) is 62.4 cm³/mol. The van der Waals surface area contributed by atoms with Gasteiger partial charge in [-0.05, 0) is 30.5 Å². The second-order valence-electron chi connectivity index (χ2n) is 4.86. The third-order valence-electron chi connectivity index (χ3n) is 3.29. The molecule has 0 bridgehead atoms. The Morgan fingerprint density at radius 3 is 2.58 bits per heavy atom. The van der Waals surface area contributed by atoms with Crippen molar-refractivity contribution < 1.29 is 23.1 Å². The highest BCUT2D eigenvalue weighted by molar-refractivity contribution is 5.82. The van der Waals surface area contributed by atoms with E-state index < -0.39 is 24.2 Å². The van der Waals surface area contributed by atoms with E-state index in [0.717, 1.165) is 11.1 Å². The summed E-state index contributed by atoms with van der Waals surface area (Å²) in [6, 6.07) is 2.77. The van der Waals surface area contributed by atoms with Crippen LogP contribution in [0, 0.1) is 13.8 Å². The zero-order chi connectivity index (χ0) is 14.4. The molecule has 2 N–H and O–H groups in total. The van der Waals surface area contributed by atoms with E-state index in [9.17, 15) is 23.1 Å². The molecule has 0 radical (unpaired) electrons. The van der Waals surface area contributed by atoms with E-state index in [1.54, 1.807) is 13.0 Å². The Hall–Kier alpha value is -1.56. The minimum atomic E-state index is -4.91. The number of rotatable bonds is 1. The first-order valence-electron chi connectivity index (χ1n) is 5.87. The van der Waals surface area contributed by atoms with Gasteiger partial charge in [0.1, 0.15) is 0 Å². The van der Waals surface area contributed by atoms with Crippen LogP contribution >= 0.6 is 0 Å². The van der Waals surface area contributed by atoms with Gasteiger partial charge in [0.25, 0.3) is 0 Å². The lowest BCUT2D eigenvalue weighted by molar-refractivity contribution is -0.174. The number of hydrogen-bond acceptors (Lipinski definition) is 2. The molecule has 0 aliphatic heterocycles. The van der Waals surface area contributed by atoms with Crippen LogP contribution in [0.3, 0.4) is 0 Å². The number of aliphatic hydroxyl groups is 1. The summed E-state index contributed by atoms with van der Waals surface area (Å²) in [7, 11) is 0. The van der Waals surface area contributed by atoms with Crippen LogP contribution in [-0.4, -0.2) is 17.2 Å². The summed E-state index contributed by atoms with van der Waals surface area (Å²) in [6.07, 6.45) is -5.68. The normalized spacial score (nSPS) is 22.2. The van der Waals surface area contributed by atoms with Crippen LogP contribution in [0.1, 0.15) is 40.8 Å². The molecule has 2 rings (SSSR count). The van der Waals surface area contributed by atoms with Crippen LogP contribution in [0.25, 0.3) is 0 Å². The Morgan fingerprint density at radius 1 is 1.37 bits per heavy atom. The molecule has 1 aromatic rings. The molecule has 0 spiro atoms. The minimum absolute atomic E-state index is 0.0709. The van der Waals surface area contributed by atoms with Crippen LogP contribution in [0.2, 0.25) is 0 Å². The van der Waals surface area contributed by atoms with Crippen molar-refractivity contribution in [3.05, 3.63) is 34.4 Å². The largest absolute Gasteiger partial charge is 0.471 e. The average molecular weight is 273 g/mol. The molecule has 1 aromatic carbocycles. The second kappa shape index (κ2) is 4.52. The van der Waals surface area contributed by atoms with Gasteiger partial charge >= 0.3 is 12.1 Å². The van der Waals surface area contributed by atoms with Crippen LogP contribution in [0.5, 0.6) is 0 Å². The number of hydrogen-bond donors (Lipinski definition) is 2. The molecule has 6 heteroatoms. The summed E-state index contributed by atoms with van der Waals surface area (Å²) in [5, 5.41) is 11.8. The molecule has 1 amide bonds. The fraction of sp³-hybridized carbons (Fsp3) is 0.462. The Labute approximate surface area is 108 Å². The standard InChI is InChI=1S/C13H14F3NO2/c1-6-3-7(2)11-8(4-6)9(5-10(11)18)17-12(19)13(14,15)16/h3-4,9-10,18H,5H2,1-2H3,(H,17,19)/t9-,10-/m0/s1. The van der Waals surface area contributed by atoms with Gasteiger partial charge in [0.15, 0.2) is 0 Å². The first kappa shape index (κ1) is 13.9. The van der Waals surface area contributed by atoms with Gasteiger partial charge in [0, 0.05) is 6.42 Å². The SMILES string of the molecule is Cc1cc(C)c2c(c1)[C@@H](NC(=O)C(F)(F)F)C[C@@H]2O. The Kier molecular flexibility index (Phi) is 3.30. The van der Waals surface area contributed by atoms with Crippen LogP contribution in [0.15, 0.2) is 12.1 Å². The number of aliphatic hydroxyl groups excluding tert-OH is 1. The molecule has 0 heterocycles. The van der Waals surface area contributed by atoms with E-state index in [0.29, 0.717) is 11.1 Å². The maximum Gasteiger partial charge on any atom is 0.471 e. The number of nitrogens with one attached hydrogen (secondary N) is 1. The number of halogens is 3. The topological polar surface area (TPSA) is 49.3 Å². The lowest BCUT2D eigenvalue weighted by atomic mass is 9.99. The Morgan fingerprint density at radius 2 is 2.00 bits per heavy atom. The summed E-state index contributed by atoms with van der Waals surface area (Å²) < 4.78 is 36.8. The van der Waals surface area contributed by atoms with E-state index in [4.69, 9.17) is 0 Å². The zero-order valence-electron chi connectivity index (χ0n) is 10.5. The van der Waals surface area contributed by atoms with Gasteiger partial charge in [0.05, 0.1) is 12.1 Å². The minimum Gasteiger partial charge on any atom is -0.388 e. The molecule has 3 nitrogen and oxygen atoms in total. The lowest BCUT2D eigenvalue weighted by Crippen LogP contribution is -2.38. The lowest BCUT2D eigenvalue weighted by Gasteiger charge is -2.16. The molecule has 1 aliphatic rings. The molecule has 2 atom stereocenters. The van der Waals surface area contributed by atoms with Crippen molar-refractivity contribution >= 4 is 5.91 Å². The van der Waals surface area contributed by atoms with Crippen molar-refractivity contribution in [1.82, 2.24) is 5.32 Å². The van der Waals surface area contributed by atoms with Gasteiger partial charge in [-0.1, -0.05) is 17.7 Å². The molecule has 0 saturated heterocycles. The number of carbonyl (C=O) groups is 1. The predicted octanol–water partition coefficient (Wildman–Crippen LogP) is 2.46. The maximum atomic E-state index is 12.3. The van der Waals surface area contributed by atoms with Gasteiger partial charge in [-0.3, -0.25) is 4.79 Å². The summed E-state index contributed by atoms with van der Waals surface area (Å²) >= 11 is 0. The molecular weight excluding hydrogens is 259 g/mol. The van der Waals surface area contributed by atoms with Crippen molar-refractivity contribution in [3.8, 4) is 0 Å². The van der Waals surface area contributed by atoms with Gasteiger partial charge < -0.3 is 10.4 Å². The Balaban J connectivity index is 2.32. The van der Waals surface area contributed by atoms with Crippen LogP contribution in [0.4, 0.5) is 13.2 Å². The molecule has 19 heavy (non-hydrogen) atoms.